The van der Waals surface area contributed by atoms with E-state index < -0.39 is 0 Å². The topological polar surface area (TPSA) is 78.5 Å². The lowest BCUT2D eigenvalue weighted by atomic mass is 9.97. The smallest absolute Gasteiger partial charge is 0.176 e. The highest BCUT2D eigenvalue weighted by molar-refractivity contribution is 7.13. The number of H-pyrrole nitrogens is 1. The average molecular weight is 557 g/mol. The number of nitrogens with zero attached hydrogens (tertiary/aromatic N) is 3. The van der Waals surface area contributed by atoms with Crippen LogP contribution in [0, 0.1) is 5.13 Å². The molecule has 8 heteroatoms. The third-order valence-electron chi connectivity index (χ3n) is 7.07. The molecule has 0 atom stereocenters. The third kappa shape index (κ3) is 5.01. The maximum Gasteiger partial charge on any atom is 0.176 e. The van der Waals surface area contributed by atoms with Gasteiger partial charge in [0.1, 0.15) is 11.2 Å². The highest BCUT2D eigenvalue weighted by Gasteiger charge is 2.20. The van der Waals surface area contributed by atoms with Crippen molar-refractivity contribution < 1.29 is 4.39 Å². The van der Waals surface area contributed by atoms with Crippen molar-refractivity contribution in [2.45, 2.75) is 12.8 Å². The van der Waals surface area contributed by atoms with Crippen LogP contribution in [0.15, 0.2) is 110 Å². The van der Waals surface area contributed by atoms with Gasteiger partial charge in [-0.1, -0.05) is 55.1 Å². The highest BCUT2D eigenvalue weighted by Crippen LogP contribution is 2.38. The van der Waals surface area contributed by atoms with E-state index in [2.05, 4.69) is 50.6 Å². The predicted molar refractivity (Wildman–Crippen MR) is 165 cm³/mol. The molecule has 0 spiro atoms. The van der Waals surface area contributed by atoms with E-state index in [1.54, 1.807) is 6.20 Å². The molecule has 5 heterocycles. The first-order chi connectivity index (χ1) is 20.1. The SMILES string of the molecule is C=C(Cc1ccccc1)Nc1cncc(-c2ccc3[nH]nc(C4=CCc5c(cccc5-c5ccc(F)s5)N4)c3n2)c1. The Morgan fingerprint density at radius 3 is 2.76 bits per heavy atom. The largest absolute Gasteiger partial charge is 0.358 e. The quantitative estimate of drug-likeness (QED) is 0.185. The van der Waals surface area contributed by atoms with Crippen molar-refractivity contribution in [1.29, 1.82) is 0 Å². The number of fused-ring (bicyclic) bond motifs is 2. The summed E-state index contributed by atoms with van der Waals surface area (Å²) in [7, 11) is 0. The molecule has 3 N–H and O–H groups in total. The normalized spacial score (nSPS) is 12.5. The average Bonchev–Trinajstić information content (AvgIpc) is 3.63. The van der Waals surface area contributed by atoms with E-state index in [1.165, 1.54) is 11.6 Å². The van der Waals surface area contributed by atoms with Crippen LogP contribution in [0.2, 0.25) is 0 Å². The lowest BCUT2D eigenvalue weighted by molar-refractivity contribution is 0.657. The fraction of sp³-hybridized carbons (Fsp3) is 0.0606. The molecule has 1 aliphatic rings. The van der Waals surface area contributed by atoms with Gasteiger partial charge >= 0.3 is 0 Å². The summed E-state index contributed by atoms with van der Waals surface area (Å²) < 4.78 is 13.7. The summed E-state index contributed by atoms with van der Waals surface area (Å²) in [6, 6.07) is 25.6. The number of benzene rings is 2. The lowest BCUT2D eigenvalue weighted by Gasteiger charge is -2.21. The molecular weight excluding hydrogens is 531 g/mol. The number of rotatable bonds is 7. The first-order valence-electron chi connectivity index (χ1n) is 13.2. The van der Waals surface area contributed by atoms with Gasteiger partial charge < -0.3 is 10.6 Å². The molecule has 1 aliphatic heterocycles. The van der Waals surface area contributed by atoms with Gasteiger partial charge in [0.2, 0.25) is 0 Å². The van der Waals surface area contributed by atoms with Crippen LogP contribution in [0.5, 0.6) is 0 Å². The minimum Gasteiger partial charge on any atom is -0.358 e. The number of halogens is 1. The molecule has 7 rings (SSSR count). The number of pyridine rings is 2. The van der Waals surface area contributed by atoms with Crippen LogP contribution in [-0.2, 0) is 12.8 Å². The number of aromatic nitrogens is 4. The van der Waals surface area contributed by atoms with Crippen molar-refractivity contribution in [3.8, 4) is 21.7 Å². The highest BCUT2D eigenvalue weighted by atomic mass is 32.1. The van der Waals surface area contributed by atoms with E-state index in [1.807, 2.05) is 66.9 Å². The summed E-state index contributed by atoms with van der Waals surface area (Å²) >= 11 is 1.16. The fourth-order valence-electron chi connectivity index (χ4n) is 5.16. The molecule has 6 aromatic rings. The predicted octanol–water partition coefficient (Wildman–Crippen LogP) is 8.06. The summed E-state index contributed by atoms with van der Waals surface area (Å²) in [6.45, 7) is 4.19. The summed E-state index contributed by atoms with van der Waals surface area (Å²) in [5.41, 5.74) is 11.0. The van der Waals surface area contributed by atoms with Gasteiger partial charge in [-0.2, -0.15) is 9.49 Å². The molecule has 0 saturated heterocycles. The van der Waals surface area contributed by atoms with Gasteiger partial charge in [-0.15, -0.1) is 11.3 Å². The van der Waals surface area contributed by atoms with E-state index in [0.717, 1.165) is 84.5 Å². The standard InChI is InChI=1S/C33H25FN6S/c1-20(16-21-6-3-2-4-7-21)36-23-17-22(18-35-19-23)26-12-13-29-32(38-26)33(40-39-29)28-11-10-24-25(8-5-9-27(24)37-28)30-14-15-31(34)41-30/h2-9,11-15,17-19,36-37H,1,10,16H2,(H,39,40). The molecule has 0 saturated carbocycles. The number of thiophene rings is 1. The van der Waals surface area contributed by atoms with Gasteiger partial charge in [0.15, 0.2) is 5.13 Å². The zero-order chi connectivity index (χ0) is 27.8. The second kappa shape index (κ2) is 10.5. The number of hydrogen-bond acceptors (Lipinski definition) is 6. The van der Waals surface area contributed by atoms with E-state index >= 15 is 0 Å². The number of anilines is 2. The summed E-state index contributed by atoms with van der Waals surface area (Å²) in [5, 5.41) is 14.4. The Hall–Kier alpha value is -5.08. The van der Waals surface area contributed by atoms with Crippen molar-refractivity contribution in [1.82, 2.24) is 20.2 Å². The molecule has 200 valence electrons. The molecule has 0 bridgehead atoms. The molecule has 4 aromatic heterocycles. The molecule has 6 nitrogen and oxygen atoms in total. The Labute approximate surface area is 240 Å². The van der Waals surface area contributed by atoms with Gasteiger partial charge in [-0.05, 0) is 59.5 Å². The number of nitrogens with one attached hydrogen (secondary N) is 3. The zero-order valence-corrected chi connectivity index (χ0v) is 22.8. The number of hydrogen-bond donors (Lipinski definition) is 3. The molecule has 0 radical (unpaired) electrons. The van der Waals surface area contributed by atoms with E-state index in [0.29, 0.717) is 6.42 Å². The van der Waals surface area contributed by atoms with Gasteiger partial charge in [0.05, 0.1) is 28.8 Å². The minimum atomic E-state index is -0.184. The second-order valence-electron chi connectivity index (χ2n) is 9.90. The van der Waals surface area contributed by atoms with Gasteiger partial charge in [-0.3, -0.25) is 10.1 Å². The van der Waals surface area contributed by atoms with Crippen LogP contribution in [0.3, 0.4) is 0 Å². The Kier molecular flexibility index (Phi) is 6.37. The van der Waals surface area contributed by atoms with Crippen LogP contribution in [-0.4, -0.2) is 20.2 Å². The van der Waals surface area contributed by atoms with Crippen molar-refractivity contribution >= 4 is 39.4 Å². The van der Waals surface area contributed by atoms with E-state index in [4.69, 9.17) is 4.98 Å². The Morgan fingerprint density at radius 2 is 1.90 bits per heavy atom. The summed E-state index contributed by atoms with van der Waals surface area (Å²) in [5.74, 6) is 0. The van der Waals surface area contributed by atoms with Crippen LogP contribution >= 0.6 is 11.3 Å². The van der Waals surface area contributed by atoms with Gasteiger partial charge in [0.25, 0.3) is 0 Å². The van der Waals surface area contributed by atoms with E-state index in [9.17, 15) is 4.39 Å². The number of aromatic amines is 1. The molecule has 41 heavy (non-hydrogen) atoms. The Morgan fingerprint density at radius 1 is 1.00 bits per heavy atom. The first kappa shape index (κ1) is 24.9. The monoisotopic (exact) mass is 556 g/mol. The van der Waals surface area contributed by atoms with Crippen LogP contribution in [0.1, 0.15) is 16.8 Å². The van der Waals surface area contributed by atoms with Crippen LogP contribution in [0.4, 0.5) is 15.8 Å². The van der Waals surface area contributed by atoms with Crippen molar-refractivity contribution in [2.24, 2.45) is 0 Å². The van der Waals surface area contributed by atoms with Crippen molar-refractivity contribution in [2.75, 3.05) is 10.6 Å². The second-order valence-corrected chi connectivity index (χ2v) is 10.9. The first-order valence-corrected chi connectivity index (χ1v) is 14.1. The van der Waals surface area contributed by atoms with Crippen molar-refractivity contribution in [3.63, 3.8) is 0 Å². The maximum atomic E-state index is 13.7. The Bertz CT molecular complexity index is 1940. The molecule has 0 unspecified atom stereocenters. The minimum absolute atomic E-state index is 0.184. The fourth-order valence-corrected chi connectivity index (χ4v) is 5.94. The van der Waals surface area contributed by atoms with Gasteiger partial charge in [-0.25, -0.2) is 4.98 Å². The zero-order valence-electron chi connectivity index (χ0n) is 22.0. The van der Waals surface area contributed by atoms with Crippen LogP contribution < -0.4 is 10.6 Å². The summed E-state index contributed by atoms with van der Waals surface area (Å²) in [6.07, 6.45) is 7.14. The van der Waals surface area contributed by atoms with E-state index in [-0.39, 0.29) is 5.13 Å². The van der Waals surface area contributed by atoms with Gasteiger partial charge in [0, 0.05) is 34.4 Å². The van der Waals surface area contributed by atoms with Crippen molar-refractivity contribution in [3.05, 3.63) is 132 Å². The molecule has 0 amide bonds. The molecule has 2 aromatic carbocycles. The Balaban J connectivity index is 1.15. The molecular formula is C33H25FN6S. The third-order valence-corrected chi connectivity index (χ3v) is 7.98. The summed E-state index contributed by atoms with van der Waals surface area (Å²) in [4.78, 5) is 10.4. The van der Waals surface area contributed by atoms with Crippen LogP contribution in [0.25, 0.3) is 38.4 Å². The lowest BCUT2D eigenvalue weighted by Crippen LogP contribution is -2.09. The number of allylic oxidation sites excluding steroid dienone is 2. The maximum absolute atomic E-state index is 13.7. The molecule has 0 fully saturated rings. The molecule has 0 aliphatic carbocycles.